The molecule has 520 valence electrons. The minimum absolute atomic E-state index is 0. The largest absolute Gasteiger partial charge is 1.00 e. The Morgan fingerprint density at radius 1 is 0.505 bits per heavy atom. The summed E-state index contributed by atoms with van der Waals surface area (Å²) in [6.45, 7) is 32.4. The van der Waals surface area contributed by atoms with Crippen molar-refractivity contribution < 1.29 is 40.2 Å². The van der Waals surface area contributed by atoms with Gasteiger partial charge in [0.2, 0.25) is 22.6 Å². The molecule has 0 spiro atoms. The molecule has 4 aliphatic rings. The maximum Gasteiger partial charge on any atom is 0.336 e. The van der Waals surface area contributed by atoms with Crippen molar-refractivity contribution in [2.24, 2.45) is 0 Å². The first-order valence-electron chi connectivity index (χ1n) is 35.8. The maximum absolute atomic E-state index is 11.1. The van der Waals surface area contributed by atoms with Crippen molar-refractivity contribution in [3.05, 3.63) is 286 Å². The minimum Gasteiger partial charge on any atom is -1.00 e. The number of nitrogens with zero attached hydrogens (tertiary/aromatic N) is 5. The highest BCUT2D eigenvalue weighted by Gasteiger charge is 2.45. The molecule has 10 nitrogen and oxygen atoms in total. The summed E-state index contributed by atoms with van der Waals surface area (Å²) in [5.41, 5.74) is 36.0. The highest BCUT2D eigenvalue weighted by molar-refractivity contribution is 6.10. The van der Waals surface area contributed by atoms with Gasteiger partial charge in [0.05, 0.1) is 21.6 Å². The number of hydrogen-bond donors (Lipinski definition) is 3. The molecule has 5 N–H and O–H groups in total. The summed E-state index contributed by atoms with van der Waals surface area (Å²) in [5.74, 6) is 0.105. The van der Waals surface area contributed by atoms with E-state index in [4.69, 9.17) is 15.9 Å². The van der Waals surface area contributed by atoms with E-state index >= 15 is 0 Å². The van der Waals surface area contributed by atoms with Crippen LogP contribution in [0.15, 0.2) is 251 Å². The molecule has 4 aliphatic heterocycles. The predicted octanol–water partition coefficient (Wildman–Crippen LogP) is 17.1. The van der Waals surface area contributed by atoms with E-state index in [1.165, 1.54) is 126 Å². The SMILES string of the molecule is CCCCN1\C(=C/C=C/C=C/C2=[N+](C)c3ccccc3C2(C)C)C(C)(C)c2ccccc21.CCCN1/C(=C\C=C\C2=[N+](C)c3ccccc3C2(C)C)C(C)(C)c2ccccc21.CC[n+]1c(-c2ccc(C)cc2)c2cc(N)ccc2c2ccc(N)cc21.CCc1cc(=O)oc2cc(O)ccc12.[Br-]. The number of halogens is 1. The van der Waals surface area contributed by atoms with Crippen LogP contribution >= 0.6 is 0 Å². The van der Waals surface area contributed by atoms with E-state index in [9.17, 15) is 9.90 Å². The Kier molecular flexibility index (Phi) is 22.3. The third-order valence-corrected chi connectivity index (χ3v) is 20.9. The molecule has 10 aromatic rings. The van der Waals surface area contributed by atoms with Gasteiger partial charge in [-0.15, -0.1) is 0 Å². The minimum atomic E-state index is -0.375. The molecule has 0 aliphatic carbocycles. The third kappa shape index (κ3) is 14.5. The van der Waals surface area contributed by atoms with Gasteiger partial charge in [0.25, 0.3) is 0 Å². The lowest BCUT2D eigenvalue weighted by Gasteiger charge is -2.27. The number of hydrogen-bond acceptors (Lipinski definition) is 7. The fraction of sp³-hybridized carbons (Fsp3) is 0.289. The number of aromatic nitrogens is 1. The predicted molar refractivity (Wildman–Crippen MR) is 423 cm³/mol. The van der Waals surface area contributed by atoms with Crippen molar-refractivity contribution >= 4 is 78.2 Å². The fourth-order valence-electron chi connectivity index (χ4n) is 15.6. The lowest BCUT2D eigenvalue weighted by molar-refractivity contribution is -0.655. The number of para-hydroxylation sites is 4. The van der Waals surface area contributed by atoms with Gasteiger partial charge in [-0.05, 0) is 150 Å². The lowest BCUT2D eigenvalue weighted by Crippen LogP contribution is -3.00. The molecule has 101 heavy (non-hydrogen) atoms. The van der Waals surface area contributed by atoms with Crippen LogP contribution in [0, 0.1) is 6.92 Å². The molecule has 0 bridgehead atoms. The Bertz CT molecular complexity index is 5040. The van der Waals surface area contributed by atoms with Gasteiger partial charge >= 0.3 is 5.63 Å². The topological polar surface area (TPSA) is 119 Å². The van der Waals surface area contributed by atoms with Crippen LogP contribution in [0.5, 0.6) is 5.75 Å². The van der Waals surface area contributed by atoms with Gasteiger partial charge in [0.1, 0.15) is 32.0 Å². The molecule has 8 aromatic carbocycles. The van der Waals surface area contributed by atoms with Crippen LogP contribution in [0.1, 0.15) is 136 Å². The van der Waals surface area contributed by atoms with Gasteiger partial charge in [0, 0.05) is 128 Å². The molecule has 0 unspecified atom stereocenters. The van der Waals surface area contributed by atoms with E-state index in [1.54, 1.807) is 12.1 Å². The van der Waals surface area contributed by atoms with Crippen LogP contribution in [-0.2, 0) is 34.6 Å². The second kappa shape index (κ2) is 30.6. The summed E-state index contributed by atoms with van der Waals surface area (Å²) in [5, 5.41) is 13.7. The number of benzene rings is 8. The summed E-state index contributed by atoms with van der Waals surface area (Å²) in [7, 11) is 4.35. The zero-order chi connectivity index (χ0) is 71.4. The molecule has 0 fully saturated rings. The van der Waals surface area contributed by atoms with Gasteiger partial charge in [-0.2, -0.15) is 13.7 Å². The Labute approximate surface area is 609 Å². The lowest BCUT2D eigenvalue weighted by atomic mass is 9.81. The van der Waals surface area contributed by atoms with Gasteiger partial charge < -0.3 is 47.8 Å². The fourth-order valence-corrected chi connectivity index (χ4v) is 15.6. The van der Waals surface area contributed by atoms with Crippen LogP contribution in [-0.4, -0.2) is 52.9 Å². The maximum atomic E-state index is 11.1. The highest BCUT2D eigenvalue weighted by Crippen LogP contribution is 2.50. The van der Waals surface area contributed by atoms with Gasteiger partial charge in [-0.3, -0.25) is 0 Å². The summed E-state index contributed by atoms with van der Waals surface area (Å²) in [6.07, 6.45) is 22.3. The zero-order valence-corrected chi connectivity index (χ0v) is 63.5. The summed E-state index contributed by atoms with van der Waals surface area (Å²) in [4.78, 5) is 16.1. The number of rotatable bonds is 13. The molecule has 11 heteroatoms. The molecular formula is C90H102BrN7O3+2. The van der Waals surface area contributed by atoms with Crippen molar-refractivity contribution in [1.29, 1.82) is 0 Å². The number of nitrogens with two attached hydrogens (primary N) is 2. The quantitative estimate of drug-likeness (QED) is 0.0346. The van der Waals surface area contributed by atoms with Crippen LogP contribution in [0.25, 0.3) is 43.9 Å². The molecule has 2 aromatic heterocycles. The van der Waals surface area contributed by atoms with E-state index in [2.05, 4.69) is 315 Å². The average Bonchev–Trinajstić information content (AvgIpc) is 1.60. The van der Waals surface area contributed by atoms with Crippen LogP contribution in [0.3, 0.4) is 0 Å². The number of anilines is 4. The molecule has 0 amide bonds. The first-order chi connectivity index (χ1) is 47.9. The van der Waals surface area contributed by atoms with Crippen molar-refractivity contribution in [2.75, 3.05) is 48.5 Å². The Morgan fingerprint density at radius 2 is 1.01 bits per heavy atom. The molecular weight excluding hydrogens is 1310 g/mol. The van der Waals surface area contributed by atoms with E-state index in [0.717, 1.165) is 60.3 Å². The number of aromatic hydroxyl groups is 1. The Morgan fingerprint density at radius 3 is 1.55 bits per heavy atom. The van der Waals surface area contributed by atoms with Crippen LogP contribution in [0.2, 0.25) is 0 Å². The summed E-state index contributed by atoms with van der Waals surface area (Å²) in [6, 6.07) is 62.4. The van der Waals surface area contributed by atoms with E-state index in [1.807, 2.05) is 19.1 Å². The zero-order valence-electron chi connectivity index (χ0n) is 61.9. The second-order valence-electron chi connectivity index (χ2n) is 29.0. The highest BCUT2D eigenvalue weighted by atomic mass is 79.9. The van der Waals surface area contributed by atoms with Gasteiger partial charge in [0.15, 0.2) is 11.4 Å². The second-order valence-corrected chi connectivity index (χ2v) is 29.0. The first-order valence-corrected chi connectivity index (χ1v) is 35.8. The van der Waals surface area contributed by atoms with E-state index in [0.29, 0.717) is 5.58 Å². The van der Waals surface area contributed by atoms with Crippen LogP contribution in [0.4, 0.5) is 34.1 Å². The van der Waals surface area contributed by atoms with E-state index in [-0.39, 0.29) is 50.0 Å². The monoisotopic (exact) mass is 1410 g/mol. The molecule has 14 rings (SSSR count). The molecule has 6 heterocycles. The van der Waals surface area contributed by atoms with Crippen molar-refractivity contribution in [3.63, 3.8) is 0 Å². The number of aryl methyl sites for hydroxylation is 3. The number of unbranched alkanes of at least 4 members (excludes halogenated alkanes) is 1. The third-order valence-electron chi connectivity index (χ3n) is 20.9. The molecule has 0 atom stereocenters. The number of fused-ring (bicyclic) bond motifs is 8. The number of pyridine rings is 1. The van der Waals surface area contributed by atoms with E-state index < -0.39 is 0 Å². The molecule has 0 saturated carbocycles. The first kappa shape index (κ1) is 73.9. The number of allylic oxidation sites excluding steroid dienone is 10. The van der Waals surface area contributed by atoms with Crippen LogP contribution < -0.4 is 48.4 Å². The van der Waals surface area contributed by atoms with Gasteiger partial charge in [-0.25, -0.2) is 4.79 Å². The summed E-state index contributed by atoms with van der Waals surface area (Å²) >= 11 is 0. The van der Waals surface area contributed by atoms with Gasteiger partial charge in [-0.1, -0.05) is 176 Å². The van der Waals surface area contributed by atoms with Crippen molar-refractivity contribution in [2.45, 2.75) is 144 Å². The smallest absolute Gasteiger partial charge is 0.336 e. The molecule has 0 radical (unpaired) electrons. The average molecular weight is 1410 g/mol. The summed E-state index contributed by atoms with van der Waals surface area (Å²) < 4.78 is 12.0. The number of phenols is 1. The van der Waals surface area contributed by atoms with Crippen molar-refractivity contribution in [3.8, 4) is 17.0 Å². The Balaban J connectivity index is 0.000000149. The standard InChI is InChI=1S/C30H37N2.C27H33N2.C22H21N3.C11H10O3.BrH/c1-7-8-22-32-26-19-15-13-17-24(26)30(4,5)28(32)21-11-9-10-20-27-29(2,3)23-16-12-14-18-25(23)31(27)6;1-7-19-29-23-16-11-9-14-21(23)27(4,5)25(29)18-12-17-24-26(2,3)20-13-8-10-15-22(20)28(24)6;1-3-25-21-13-17(24)9-11-19(21)18-10-8-16(23)12-20(18)22(25)15-6-4-14(2)5-7-15;1-2-7-5-11(13)14-10-6-8(12)3-4-9(7)10;/h9-21H,7-8,22H2,1-6H3;8-18H,7,19H2,1-6H3;4-13,24H,3,23H2,1-2H3;3-6,12H,2H2,1H3;1H/q2*+1;;;. The Hall–Kier alpha value is -9.84. The van der Waals surface area contributed by atoms with Crippen molar-refractivity contribution in [1.82, 2.24) is 0 Å². The normalized spacial score (nSPS) is 16.5. The number of nitrogen functional groups attached to an aromatic ring is 2. The molecule has 0 saturated heterocycles. The number of phenolic OH excluding ortho intramolecular Hbond substituents is 1.